The van der Waals surface area contributed by atoms with Crippen molar-refractivity contribution in [3.8, 4) is 0 Å². The zero-order valence-electron chi connectivity index (χ0n) is 7.00. The van der Waals surface area contributed by atoms with Crippen molar-refractivity contribution in [2.75, 3.05) is 0 Å². The first-order chi connectivity index (χ1) is 7.02. The highest BCUT2D eigenvalue weighted by Crippen LogP contribution is 2.18. The molecule has 6 nitrogen and oxygen atoms in total. The molecule has 0 spiro atoms. The standard InChI is InChI=1S/C6H4N2O4.Cl2S/c9-7(10)5-2-1-3-6(4-5)8(11)12;1-3-2/h1-4H;. The van der Waals surface area contributed by atoms with E-state index in [1.54, 1.807) is 0 Å². The van der Waals surface area contributed by atoms with Crippen LogP contribution in [0.3, 0.4) is 0 Å². The van der Waals surface area contributed by atoms with Gasteiger partial charge < -0.3 is 0 Å². The molecule has 82 valence electrons. The lowest BCUT2D eigenvalue weighted by Crippen LogP contribution is -1.91. The molecular formula is C6H4Cl2N2O4S. The summed E-state index contributed by atoms with van der Waals surface area (Å²) in [6, 6.07) is 4.59. The molecule has 0 bridgehead atoms. The van der Waals surface area contributed by atoms with Crippen molar-refractivity contribution in [1.29, 1.82) is 0 Å². The Kier molecular flexibility index (Phi) is 6.76. The molecule has 0 saturated heterocycles. The molecule has 15 heavy (non-hydrogen) atoms. The van der Waals surface area contributed by atoms with Gasteiger partial charge in [0.25, 0.3) is 11.4 Å². The predicted octanol–water partition coefficient (Wildman–Crippen LogP) is 3.53. The quantitative estimate of drug-likeness (QED) is 0.606. The van der Waals surface area contributed by atoms with E-state index in [4.69, 9.17) is 0 Å². The SMILES string of the molecule is ClSCl.O=[N+]([O-])c1cccc([N+](=O)[O-])c1. The van der Waals surface area contributed by atoms with E-state index in [1.807, 2.05) is 0 Å². The van der Waals surface area contributed by atoms with Gasteiger partial charge in [-0.05, 0) is 27.4 Å². The van der Waals surface area contributed by atoms with E-state index in [2.05, 4.69) is 21.4 Å². The lowest BCUT2D eigenvalue weighted by Gasteiger charge is -1.90. The van der Waals surface area contributed by atoms with E-state index in [-0.39, 0.29) is 11.4 Å². The zero-order chi connectivity index (χ0) is 11.8. The maximum absolute atomic E-state index is 10.2. The van der Waals surface area contributed by atoms with Crippen LogP contribution < -0.4 is 0 Å². The molecule has 9 heteroatoms. The first-order valence-electron chi connectivity index (χ1n) is 3.31. The molecule has 0 heterocycles. The maximum atomic E-state index is 10.2. The normalized spacial score (nSPS) is 8.67. The number of benzene rings is 1. The molecule has 0 radical (unpaired) electrons. The smallest absolute Gasteiger partial charge is 0.258 e. The number of halogens is 2. The van der Waals surface area contributed by atoms with Crippen molar-refractivity contribution in [1.82, 2.24) is 0 Å². The topological polar surface area (TPSA) is 86.3 Å². The summed E-state index contributed by atoms with van der Waals surface area (Å²) in [5, 5.41) is 20.3. The molecule has 1 aromatic carbocycles. The molecule has 1 aromatic rings. The fourth-order valence-corrected chi connectivity index (χ4v) is 0.720. The molecule has 0 fully saturated rings. The average Bonchev–Trinajstić information content (AvgIpc) is 2.19. The van der Waals surface area contributed by atoms with Gasteiger partial charge in [0.15, 0.2) is 0 Å². The summed E-state index contributed by atoms with van der Waals surface area (Å²) in [5.41, 5.74) is -0.548. The Hall–Kier alpha value is -1.05. The minimum absolute atomic E-state index is 0.274. The monoisotopic (exact) mass is 270 g/mol. The summed E-state index contributed by atoms with van der Waals surface area (Å²) in [5.74, 6) is 0. The van der Waals surface area contributed by atoms with Crippen molar-refractivity contribution in [2.45, 2.75) is 0 Å². The van der Waals surface area contributed by atoms with E-state index in [0.29, 0.717) is 10.2 Å². The number of nitro groups is 2. The average molecular weight is 271 g/mol. The minimum atomic E-state index is -0.674. The molecule has 0 unspecified atom stereocenters. The van der Waals surface area contributed by atoms with E-state index >= 15 is 0 Å². The van der Waals surface area contributed by atoms with Crippen molar-refractivity contribution in [2.24, 2.45) is 0 Å². The Morgan fingerprint density at radius 3 is 1.67 bits per heavy atom. The Morgan fingerprint density at radius 2 is 1.40 bits per heavy atom. The van der Waals surface area contributed by atoms with Crippen LogP contribution in [-0.2, 0) is 0 Å². The highest BCUT2D eigenvalue weighted by Gasteiger charge is 2.11. The van der Waals surface area contributed by atoms with Gasteiger partial charge in [-0.2, -0.15) is 0 Å². The third-order valence-corrected chi connectivity index (χ3v) is 1.25. The van der Waals surface area contributed by atoms with Gasteiger partial charge in [0, 0.05) is 12.1 Å². The van der Waals surface area contributed by atoms with E-state index in [9.17, 15) is 20.2 Å². The van der Waals surface area contributed by atoms with Gasteiger partial charge in [-0.25, -0.2) is 0 Å². The summed E-state index contributed by atoms with van der Waals surface area (Å²) in [7, 11) is 10.1. The molecule has 0 amide bonds. The van der Waals surface area contributed by atoms with Crippen LogP contribution in [-0.4, -0.2) is 9.85 Å². The number of hydrogen-bond donors (Lipinski definition) is 0. The van der Waals surface area contributed by atoms with Gasteiger partial charge in [-0.3, -0.25) is 20.2 Å². The molecule has 0 aliphatic carbocycles. The number of nitro benzene ring substituents is 2. The van der Waals surface area contributed by atoms with Gasteiger partial charge in [0.05, 0.1) is 26.1 Å². The van der Waals surface area contributed by atoms with Crippen LogP contribution in [0, 0.1) is 20.2 Å². The maximum Gasteiger partial charge on any atom is 0.276 e. The Bertz CT molecular complexity index is 333. The predicted molar refractivity (Wildman–Crippen MR) is 59.0 cm³/mol. The number of hydrogen-bond acceptors (Lipinski definition) is 5. The van der Waals surface area contributed by atoms with Crippen LogP contribution in [0.1, 0.15) is 0 Å². The lowest BCUT2D eigenvalue weighted by atomic mass is 10.3. The van der Waals surface area contributed by atoms with Gasteiger partial charge in [-0.1, -0.05) is 0 Å². The summed E-state index contributed by atoms with van der Waals surface area (Å²) in [6.45, 7) is 0. The van der Waals surface area contributed by atoms with Crippen LogP contribution in [0.4, 0.5) is 11.4 Å². The highest BCUT2D eigenvalue weighted by molar-refractivity contribution is 8.38. The van der Waals surface area contributed by atoms with Crippen LogP contribution in [0.5, 0.6) is 0 Å². The Balaban J connectivity index is 0.000000583. The second kappa shape index (κ2) is 7.27. The molecule has 0 aliphatic rings. The van der Waals surface area contributed by atoms with Crippen molar-refractivity contribution < 1.29 is 9.85 Å². The molecule has 0 aliphatic heterocycles. The van der Waals surface area contributed by atoms with E-state index in [1.165, 1.54) is 18.2 Å². The lowest BCUT2D eigenvalue weighted by molar-refractivity contribution is -0.394. The fraction of sp³-hybridized carbons (Fsp3) is 0. The number of nitrogens with zero attached hydrogens (tertiary/aromatic N) is 2. The van der Waals surface area contributed by atoms with Crippen molar-refractivity contribution in [3.05, 3.63) is 44.5 Å². The molecule has 0 N–H and O–H groups in total. The molecule has 0 aromatic heterocycles. The largest absolute Gasteiger partial charge is 0.276 e. The first kappa shape index (κ1) is 13.9. The third kappa shape index (κ3) is 5.40. The third-order valence-electron chi connectivity index (χ3n) is 1.25. The summed E-state index contributed by atoms with van der Waals surface area (Å²) in [6.07, 6.45) is 0. The Labute approximate surface area is 97.5 Å². The van der Waals surface area contributed by atoms with Crippen LogP contribution in [0.15, 0.2) is 24.3 Å². The highest BCUT2D eigenvalue weighted by atomic mass is 36.0. The fourth-order valence-electron chi connectivity index (χ4n) is 0.720. The van der Waals surface area contributed by atoms with Gasteiger partial charge in [-0.15, -0.1) is 0 Å². The van der Waals surface area contributed by atoms with Gasteiger partial charge in [0.2, 0.25) is 0 Å². The van der Waals surface area contributed by atoms with E-state index in [0.717, 1.165) is 6.07 Å². The number of non-ortho nitro benzene ring substituents is 2. The minimum Gasteiger partial charge on any atom is -0.258 e. The van der Waals surface area contributed by atoms with Crippen molar-refractivity contribution in [3.63, 3.8) is 0 Å². The van der Waals surface area contributed by atoms with E-state index < -0.39 is 9.85 Å². The number of rotatable bonds is 2. The van der Waals surface area contributed by atoms with Crippen molar-refractivity contribution >= 4 is 42.9 Å². The zero-order valence-corrected chi connectivity index (χ0v) is 9.33. The summed E-state index contributed by atoms with van der Waals surface area (Å²) < 4.78 is 0. The summed E-state index contributed by atoms with van der Waals surface area (Å²) >= 11 is 0. The van der Waals surface area contributed by atoms with Crippen LogP contribution in [0.2, 0.25) is 0 Å². The second-order valence-corrected chi connectivity index (χ2v) is 3.61. The molecule has 0 saturated carbocycles. The van der Waals surface area contributed by atoms with Crippen LogP contribution in [0.25, 0.3) is 0 Å². The molecular weight excluding hydrogens is 267 g/mol. The Morgan fingerprint density at radius 1 is 1.07 bits per heavy atom. The first-order valence-corrected chi connectivity index (χ1v) is 5.78. The van der Waals surface area contributed by atoms with Crippen LogP contribution >= 0.6 is 31.6 Å². The molecule has 1 rings (SSSR count). The second-order valence-electron chi connectivity index (χ2n) is 2.09. The van der Waals surface area contributed by atoms with Gasteiger partial charge in [0.1, 0.15) is 0 Å². The summed E-state index contributed by atoms with van der Waals surface area (Å²) in [4.78, 5) is 19.0. The molecule has 0 atom stereocenters. The van der Waals surface area contributed by atoms with Gasteiger partial charge >= 0.3 is 0 Å².